The monoisotopic (exact) mass is 351 g/mol. The van der Waals surface area contributed by atoms with E-state index in [0.717, 1.165) is 53.2 Å². The standard InChI is InChI=1S/C16H22BrN3O/c1-4-8-21-16-7-6-13(17)9-12(16)10-18-15-11-20(3)19-14(15)5-2/h6-7,9,11,18H,4-5,8,10H2,1-3H3. The van der Waals surface area contributed by atoms with Crippen LogP contribution in [0.4, 0.5) is 5.69 Å². The van der Waals surface area contributed by atoms with E-state index in [-0.39, 0.29) is 0 Å². The van der Waals surface area contributed by atoms with Crippen molar-refractivity contribution in [2.45, 2.75) is 33.2 Å². The number of rotatable bonds is 7. The summed E-state index contributed by atoms with van der Waals surface area (Å²) in [5.41, 5.74) is 3.31. The van der Waals surface area contributed by atoms with Gasteiger partial charge < -0.3 is 10.1 Å². The number of ether oxygens (including phenoxy) is 1. The first kappa shape index (κ1) is 15.9. The lowest BCUT2D eigenvalue weighted by molar-refractivity contribution is 0.314. The number of nitrogens with one attached hydrogen (secondary N) is 1. The van der Waals surface area contributed by atoms with Crippen LogP contribution in [0, 0.1) is 0 Å². The van der Waals surface area contributed by atoms with E-state index in [1.165, 1.54) is 0 Å². The molecule has 0 radical (unpaired) electrons. The topological polar surface area (TPSA) is 39.1 Å². The first-order chi connectivity index (χ1) is 10.1. The second-order valence-electron chi connectivity index (χ2n) is 4.97. The summed E-state index contributed by atoms with van der Waals surface area (Å²) in [6.45, 7) is 5.68. The number of aromatic nitrogens is 2. The first-order valence-corrected chi connectivity index (χ1v) is 8.11. The molecule has 0 amide bonds. The average Bonchev–Trinajstić information content (AvgIpc) is 2.84. The normalized spacial score (nSPS) is 10.7. The summed E-state index contributed by atoms with van der Waals surface area (Å²) in [7, 11) is 1.94. The van der Waals surface area contributed by atoms with Gasteiger partial charge in [0.1, 0.15) is 5.75 Å². The molecule has 1 heterocycles. The van der Waals surface area contributed by atoms with E-state index in [4.69, 9.17) is 4.74 Å². The molecule has 0 unspecified atom stereocenters. The zero-order valence-electron chi connectivity index (χ0n) is 12.8. The van der Waals surface area contributed by atoms with Gasteiger partial charge in [0.25, 0.3) is 0 Å². The van der Waals surface area contributed by atoms with Gasteiger partial charge in [-0.05, 0) is 31.0 Å². The first-order valence-electron chi connectivity index (χ1n) is 7.31. The number of benzene rings is 1. The van der Waals surface area contributed by atoms with Crippen molar-refractivity contribution in [2.75, 3.05) is 11.9 Å². The molecule has 4 nitrogen and oxygen atoms in total. The third-order valence-corrected chi connectivity index (χ3v) is 3.69. The van der Waals surface area contributed by atoms with Crippen molar-refractivity contribution in [3.05, 3.63) is 40.1 Å². The molecule has 0 bridgehead atoms. The smallest absolute Gasteiger partial charge is 0.124 e. The Labute approximate surface area is 134 Å². The molecule has 0 saturated heterocycles. The van der Waals surface area contributed by atoms with E-state index in [9.17, 15) is 0 Å². The lowest BCUT2D eigenvalue weighted by Gasteiger charge is -2.13. The maximum absolute atomic E-state index is 5.81. The van der Waals surface area contributed by atoms with E-state index in [0.29, 0.717) is 0 Å². The second kappa shape index (κ2) is 7.50. The largest absolute Gasteiger partial charge is 0.493 e. The van der Waals surface area contributed by atoms with Crippen molar-refractivity contribution >= 4 is 21.6 Å². The van der Waals surface area contributed by atoms with Crippen molar-refractivity contribution < 1.29 is 4.74 Å². The van der Waals surface area contributed by atoms with Gasteiger partial charge in [-0.15, -0.1) is 0 Å². The summed E-state index contributed by atoms with van der Waals surface area (Å²) in [6.07, 6.45) is 3.94. The number of hydrogen-bond acceptors (Lipinski definition) is 3. The molecule has 0 aliphatic rings. The molecule has 0 spiro atoms. The van der Waals surface area contributed by atoms with Crippen LogP contribution in [0.15, 0.2) is 28.9 Å². The fourth-order valence-electron chi connectivity index (χ4n) is 2.17. The number of hydrogen-bond donors (Lipinski definition) is 1. The molecular formula is C16H22BrN3O. The molecule has 2 aromatic rings. The van der Waals surface area contributed by atoms with Gasteiger partial charge >= 0.3 is 0 Å². The van der Waals surface area contributed by atoms with Gasteiger partial charge in [-0.3, -0.25) is 4.68 Å². The number of halogens is 1. The molecule has 1 aromatic heterocycles. The average molecular weight is 352 g/mol. The molecule has 0 saturated carbocycles. The van der Waals surface area contributed by atoms with Crippen molar-refractivity contribution in [3.8, 4) is 5.75 Å². The van der Waals surface area contributed by atoms with Crippen molar-refractivity contribution in [3.63, 3.8) is 0 Å². The molecule has 0 aliphatic heterocycles. The van der Waals surface area contributed by atoms with Crippen LogP contribution >= 0.6 is 15.9 Å². The number of nitrogens with zero attached hydrogens (tertiary/aromatic N) is 2. The van der Waals surface area contributed by atoms with Gasteiger partial charge in [0.15, 0.2) is 0 Å². The van der Waals surface area contributed by atoms with Gasteiger partial charge in [0.05, 0.1) is 18.0 Å². The van der Waals surface area contributed by atoms with Gasteiger partial charge in [-0.1, -0.05) is 29.8 Å². The molecule has 0 aliphatic carbocycles. The zero-order valence-corrected chi connectivity index (χ0v) is 14.4. The van der Waals surface area contributed by atoms with Gasteiger partial charge in [0.2, 0.25) is 0 Å². The quantitative estimate of drug-likeness (QED) is 0.814. The fourth-order valence-corrected chi connectivity index (χ4v) is 2.58. The lowest BCUT2D eigenvalue weighted by Crippen LogP contribution is -2.05. The lowest BCUT2D eigenvalue weighted by atomic mass is 10.2. The summed E-state index contributed by atoms with van der Waals surface area (Å²) in [6, 6.07) is 6.12. The molecule has 114 valence electrons. The summed E-state index contributed by atoms with van der Waals surface area (Å²) >= 11 is 3.52. The van der Waals surface area contributed by atoms with E-state index in [1.54, 1.807) is 0 Å². The van der Waals surface area contributed by atoms with Crippen LogP contribution in [0.2, 0.25) is 0 Å². The minimum atomic E-state index is 0.719. The van der Waals surface area contributed by atoms with Crippen LogP contribution in [0.5, 0.6) is 5.75 Å². The highest BCUT2D eigenvalue weighted by Gasteiger charge is 2.08. The van der Waals surface area contributed by atoms with Crippen LogP contribution in [-0.2, 0) is 20.0 Å². The fraction of sp³-hybridized carbons (Fsp3) is 0.438. The molecule has 5 heteroatoms. The van der Waals surface area contributed by atoms with Gasteiger partial charge in [-0.25, -0.2) is 0 Å². The highest BCUT2D eigenvalue weighted by molar-refractivity contribution is 9.10. The molecular weight excluding hydrogens is 330 g/mol. The SMILES string of the molecule is CCCOc1ccc(Br)cc1CNc1cn(C)nc1CC. The van der Waals surface area contributed by atoms with Gasteiger partial charge in [-0.2, -0.15) is 5.10 Å². The molecule has 21 heavy (non-hydrogen) atoms. The Morgan fingerprint density at radius 2 is 2.14 bits per heavy atom. The predicted octanol–water partition coefficient (Wildman–Crippen LogP) is 4.15. The van der Waals surface area contributed by atoms with Crippen LogP contribution in [0.25, 0.3) is 0 Å². The van der Waals surface area contributed by atoms with Crippen LogP contribution < -0.4 is 10.1 Å². The highest BCUT2D eigenvalue weighted by atomic mass is 79.9. The summed E-state index contributed by atoms with van der Waals surface area (Å²) in [5.74, 6) is 0.939. The van der Waals surface area contributed by atoms with E-state index < -0.39 is 0 Å². The summed E-state index contributed by atoms with van der Waals surface area (Å²) in [4.78, 5) is 0. The van der Waals surface area contributed by atoms with Crippen molar-refractivity contribution in [1.82, 2.24) is 9.78 Å². The van der Waals surface area contributed by atoms with E-state index in [1.807, 2.05) is 30.1 Å². The van der Waals surface area contributed by atoms with Crippen LogP contribution in [0.3, 0.4) is 0 Å². The Balaban J connectivity index is 2.12. The molecule has 0 atom stereocenters. The molecule has 0 fully saturated rings. The minimum Gasteiger partial charge on any atom is -0.493 e. The predicted molar refractivity (Wildman–Crippen MR) is 89.8 cm³/mol. The van der Waals surface area contributed by atoms with E-state index in [2.05, 4.69) is 46.3 Å². The number of aryl methyl sites for hydroxylation is 2. The Morgan fingerprint density at radius 3 is 2.86 bits per heavy atom. The minimum absolute atomic E-state index is 0.719. The van der Waals surface area contributed by atoms with Gasteiger partial charge in [0, 0.05) is 29.8 Å². The summed E-state index contributed by atoms with van der Waals surface area (Å²) < 4.78 is 8.71. The zero-order chi connectivity index (χ0) is 15.2. The van der Waals surface area contributed by atoms with E-state index >= 15 is 0 Å². The Bertz CT molecular complexity index is 595. The molecule has 2 rings (SSSR count). The maximum Gasteiger partial charge on any atom is 0.124 e. The maximum atomic E-state index is 5.81. The van der Waals surface area contributed by atoms with Crippen LogP contribution in [-0.4, -0.2) is 16.4 Å². The number of anilines is 1. The second-order valence-corrected chi connectivity index (χ2v) is 5.89. The third-order valence-electron chi connectivity index (χ3n) is 3.19. The van der Waals surface area contributed by atoms with Crippen LogP contribution in [0.1, 0.15) is 31.5 Å². The third kappa shape index (κ3) is 4.24. The highest BCUT2D eigenvalue weighted by Crippen LogP contribution is 2.25. The van der Waals surface area contributed by atoms with Crippen molar-refractivity contribution in [1.29, 1.82) is 0 Å². The summed E-state index contributed by atoms with van der Waals surface area (Å²) in [5, 5.41) is 7.91. The molecule has 1 aromatic carbocycles. The Hall–Kier alpha value is -1.49. The van der Waals surface area contributed by atoms with Crippen molar-refractivity contribution in [2.24, 2.45) is 7.05 Å². The Kier molecular flexibility index (Phi) is 5.67. The Morgan fingerprint density at radius 1 is 1.33 bits per heavy atom. The molecule has 1 N–H and O–H groups in total.